The Balaban J connectivity index is 1.19. The first-order valence-electron chi connectivity index (χ1n) is 16.5. The van der Waals surface area contributed by atoms with Gasteiger partial charge < -0.3 is 9.84 Å². The number of ether oxygens (including phenoxy) is 1. The highest BCUT2D eigenvalue weighted by atomic mass is 19.1. The van der Waals surface area contributed by atoms with Crippen LogP contribution in [0.25, 0.3) is 28.3 Å². The van der Waals surface area contributed by atoms with Gasteiger partial charge in [-0.3, -0.25) is 18.9 Å². The summed E-state index contributed by atoms with van der Waals surface area (Å²) in [5.74, 6) is -0.361. The van der Waals surface area contributed by atoms with Crippen LogP contribution in [0.1, 0.15) is 88.1 Å². The molecule has 2 fully saturated rings. The second-order valence-electron chi connectivity index (χ2n) is 13.0. The summed E-state index contributed by atoms with van der Waals surface area (Å²) in [6.45, 7) is 3.99. The molecular weight excluding hydrogens is 603 g/mol. The maximum Gasteiger partial charge on any atom is 0.439 e. The minimum Gasteiger partial charge on any atom is -0.387 e. The van der Waals surface area contributed by atoms with Crippen molar-refractivity contribution in [3.05, 3.63) is 92.3 Å². The molecule has 2 aliphatic rings. The van der Waals surface area contributed by atoms with Crippen LogP contribution in [0, 0.1) is 5.82 Å². The van der Waals surface area contributed by atoms with Crippen LogP contribution in [0.4, 0.5) is 4.39 Å². The van der Waals surface area contributed by atoms with E-state index in [4.69, 9.17) is 4.74 Å². The number of aryl methyl sites for hydroxylation is 1. The molecule has 246 valence electrons. The van der Waals surface area contributed by atoms with Crippen LogP contribution in [0.3, 0.4) is 0 Å². The Morgan fingerprint density at radius 2 is 1.89 bits per heavy atom. The number of hydrogen-bond acceptors (Lipinski definition) is 8. The quantitative estimate of drug-likeness (QED) is 0.207. The van der Waals surface area contributed by atoms with Crippen molar-refractivity contribution in [2.45, 2.75) is 102 Å². The van der Waals surface area contributed by atoms with Crippen molar-refractivity contribution in [2.75, 3.05) is 0 Å². The van der Waals surface area contributed by atoms with E-state index in [-0.39, 0.29) is 36.1 Å². The normalized spacial score (nSPS) is 19.9. The monoisotopic (exact) mass is 642 g/mol. The van der Waals surface area contributed by atoms with E-state index in [1.54, 1.807) is 27.3 Å². The van der Waals surface area contributed by atoms with Gasteiger partial charge in [0.05, 0.1) is 23.5 Å². The molecule has 1 unspecified atom stereocenters. The molecule has 2 N–H and O–H groups in total. The maximum atomic E-state index is 15.9. The second-order valence-corrected chi connectivity index (χ2v) is 13.0. The Kier molecular flexibility index (Phi) is 8.39. The van der Waals surface area contributed by atoms with E-state index in [1.807, 2.05) is 32.0 Å². The fraction of sp³-hybridized carbons (Fsp3) is 0.457. The topological polar surface area (TPSA) is 141 Å². The lowest BCUT2D eigenvalue weighted by atomic mass is 9.76. The Labute approximate surface area is 270 Å². The number of aromatic amines is 1. The molecule has 0 bridgehead atoms. The Morgan fingerprint density at radius 1 is 1.13 bits per heavy atom. The van der Waals surface area contributed by atoms with Gasteiger partial charge in [0.25, 0.3) is 5.56 Å². The number of nitrogens with one attached hydrogen (secondary N) is 1. The van der Waals surface area contributed by atoms with Crippen LogP contribution in [-0.4, -0.2) is 52.2 Å². The van der Waals surface area contributed by atoms with Gasteiger partial charge in [0, 0.05) is 23.6 Å². The summed E-state index contributed by atoms with van der Waals surface area (Å²) in [6.07, 6.45) is 8.32. The summed E-state index contributed by atoms with van der Waals surface area (Å²) in [4.78, 5) is 33.0. The minimum atomic E-state index is -0.723. The number of fused-ring (bicyclic) bond motifs is 1. The number of rotatable bonds is 10. The minimum absolute atomic E-state index is 0.0246. The first-order chi connectivity index (χ1) is 22.8. The molecule has 1 atom stereocenters. The first kappa shape index (κ1) is 31.2. The van der Waals surface area contributed by atoms with Gasteiger partial charge in [-0.05, 0) is 81.0 Å². The third-order valence-electron chi connectivity index (χ3n) is 10.0. The zero-order valence-corrected chi connectivity index (χ0v) is 26.6. The molecule has 0 radical (unpaired) electrons. The van der Waals surface area contributed by atoms with E-state index in [2.05, 4.69) is 24.7 Å². The molecule has 2 aliphatic carbocycles. The van der Waals surface area contributed by atoms with E-state index in [9.17, 15) is 14.7 Å². The molecule has 3 heterocycles. The summed E-state index contributed by atoms with van der Waals surface area (Å²) in [5.41, 5.74) is 2.63. The molecule has 0 amide bonds. The summed E-state index contributed by atoms with van der Waals surface area (Å²) < 4.78 is 30.4. The van der Waals surface area contributed by atoms with E-state index < -0.39 is 17.2 Å². The molecule has 3 aromatic heterocycles. The van der Waals surface area contributed by atoms with Crippen molar-refractivity contribution < 1.29 is 18.8 Å². The van der Waals surface area contributed by atoms with Gasteiger partial charge in [-0.25, -0.2) is 13.7 Å². The molecule has 2 aromatic carbocycles. The Bertz CT molecular complexity index is 2020. The fourth-order valence-electron chi connectivity index (χ4n) is 7.21. The van der Waals surface area contributed by atoms with E-state index in [0.717, 1.165) is 57.1 Å². The number of halogens is 1. The number of benzene rings is 2. The SMILES string of the molecule is CCCc1c(Cc2ccc(-c3ccccc3-c3noc(=O)[nH]3)cc2F)c(=O)n(C2CCC(OC(C)C3(O)CCC3)CC2)c2ncnn12. The van der Waals surface area contributed by atoms with Crippen molar-refractivity contribution >= 4 is 5.78 Å². The number of hydrogen-bond donors (Lipinski definition) is 2. The number of aliphatic hydroxyl groups is 1. The van der Waals surface area contributed by atoms with E-state index >= 15 is 4.39 Å². The van der Waals surface area contributed by atoms with Crippen LogP contribution in [0.15, 0.2) is 62.9 Å². The van der Waals surface area contributed by atoms with Crippen molar-refractivity contribution in [1.82, 2.24) is 29.3 Å². The molecule has 0 aliphatic heterocycles. The summed E-state index contributed by atoms with van der Waals surface area (Å²) in [7, 11) is 0. The average Bonchev–Trinajstić information content (AvgIpc) is 3.72. The first-order valence-corrected chi connectivity index (χ1v) is 16.5. The highest BCUT2D eigenvalue weighted by Crippen LogP contribution is 2.39. The van der Waals surface area contributed by atoms with Crippen LogP contribution < -0.4 is 11.3 Å². The van der Waals surface area contributed by atoms with Crippen LogP contribution in [0.2, 0.25) is 0 Å². The molecule has 5 aromatic rings. The molecule has 7 rings (SSSR count). The number of aromatic nitrogens is 6. The summed E-state index contributed by atoms with van der Waals surface area (Å²) in [5, 5.41) is 19.0. The van der Waals surface area contributed by atoms with Gasteiger partial charge in [-0.15, -0.1) is 0 Å². The van der Waals surface area contributed by atoms with E-state index in [1.165, 1.54) is 12.4 Å². The maximum absolute atomic E-state index is 15.9. The van der Waals surface area contributed by atoms with Crippen LogP contribution in [0.5, 0.6) is 0 Å². The van der Waals surface area contributed by atoms with Gasteiger partial charge in [0.1, 0.15) is 12.1 Å². The largest absolute Gasteiger partial charge is 0.439 e. The second kappa shape index (κ2) is 12.6. The predicted octanol–water partition coefficient (Wildman–Crippen LogP) is 5.39. The molecular formula is C35H39FN6O5. The third-order valence-corrected chi connectivity index (χ3v) is 10.0. The highest BCUT2D eigenvalue weighted by Gasteiger charge is 2.42. The highest BCUT2D eigenvalue weighted by molar-refractivity contribution is 5.80. The lowest BCUT2D eigenvalue weighted by Gasteiger charge is -2.43. The number of H-pyrrole nitrogens is 1. The summed E-state index contributed by atoms with van der Waals surface area (Å²) in [6, 6.07) is 12.1. The third kappa shape index (κ3) is 5.84. The fourth-order valence-corrected chi connectivity index (χ4v) is 7.21. The van der Waals surface area contributed by atoms with Gasteiger partial charge in [-0.1, -0.05) is 54.9 Å². The molecule has 11 nitrogen and oxygen atoms in total. The van der Waals surface area contributed by atoms with Crippen LogP contribution >= 0.6 is 0 Å². The Hall–Kier alpha value is -4.42. The lowest BCUT2D eigenvalue weighted by molar-refractivity contribution is -0.167. The summed E-state index contributed by atoms with van der Waals surface area (Å²) >= 11 is 0. The van der Waals surface area contributed by atoms with Gasteiger partial charge >= 0.3 is 5.76 Å². The number of nitrogens with zero attached hydrogens (tertiary/aromatic N) is 5. The standard InChI is InChI=1S/C35H39FN6O5/c1-3-7-30-28(18-23-11-10-22(19-29(23)36)26-8-4-5-9-27(26)31-39-34(44)47-40-31)32(43)41(33-37-20-38-42(30)33)24-12-14-25(15-13-24)46-21(2)35(45)16-6-17-35/h4-5,8-11,19-21,24-25,45H,3,6-7,12-18H2,1-2H3,(H,39,40,44). The molecule has 0 spiro atoms. The zero-order valence-electron chi connectivity index (χ0n) is 26.6. The van der Waals surface area contributed by atoms with Crippen molar-refractivity contribution in [3.63, 3.8) is 0 Å². The van der Waals surface area contributed by atoms with Crippen molar-refractivity contribution in [1.29, 1.82) is 0 Å². The molecule has 47 heavy (non-hydrogen) atoms. The van der Waals surface area contributed by atoms with E-state index in [0.29, 0.717) is 40.0 Å². The van der Waals surface area contributed by atoms with Gasteiger partial charge in [0.15, 0.2) is 5.82 Å². The van der Waals surface area contributed by atoms with Gasteiger partial charge in [0.2, 0.25) is 5.78 Å². The molecule has 12 heteroatoms. The lowest BCUT2D eigenvalue weighted by Crippen LogP contribution is -2.49. The smallest absolute Gasteiger partial charge is 0.387 e. The van der Waals surface area contributed by atoms with Crippen molar-refractivity contribution in [2.24, 2.45) is 0 Å². The molecule has 2 saturated carbocycles. The van der Waals surface area contributed by atoms with Crippen LogP contribution in [-0.2, 0) is 17.6 Å². The Morgan fingerprint density at radius 3 is 2.55 bits per heavy atom. The average molecular weight is 643 g/mol. The molecule has 0 saturated heterocycles. The zero-order chi connectivity index (χ0) is 32.7. The van der Waals surface area contributed by atoms with Gasteiger partial charge in [-0.2, -0.15) is 10.1 Å². The van der Waals surface area contributed by atoms with Crippen molar-refractivity contribution in [3.8, 4) is 22.5 Å². The predicted molar refractivity (Wildman–Crippen MR) is 173 cm³/mol.